The van der Waals surface area contributed by atoms with Crippen LogP contribution in [0.25, 0.3) is 10.9 Å². The van der Waals surface area contributed by atoms with Gasteiger partial charge in [-0.05, 0) is 38.0 Å². The first kappa shape index (κ1) is 17.2. The van der Waals surface area contributed by atoms with Crippen LogP contribution in [0.4, 0.5) is 0 Å². The number of carbonyl (C=O) groups excluding carboxylic acids is 1. The largest absolute Gasteiger partial charge is 0.361 e. The van der Waals surface area contributed by atoms with Gasteiger partial charge in [0, 0.05) is 42.1 Å². The molecule has 3 N–H and O–H groups in total. The van der Waals surface area contributed by atoms with E-state index in [9.17, 15) is 4.79 Å². The van der Waals surface area contributed by atoms with Crippen molar-refractivity contribution in [2.75, 3.05) is 6.54 Å². The van der Waals surface area contributed by atoms with Gasteiger partial charge in [-0.3, -0.25) is 9.48 Å². The second-order valence-electron chi connectivity index (χ2n) is 6.42. The number of H-pyrrole nitrogens is 1. The zero-order chi connectivity index (χ0) is 17.6. The Kier molecular flexibility index (Phi) is 5.50. The average Bonchev–Trinajstić information content (AvgIpc) is 3.24. The molecule has 3 rings (SSSR count). The SMILES string of the molecule is CC(Cn1cccn1)NC(C)C(=O)NCCc1c[nH]c2ccccc12. The normalized spacial score (nSPS) is 13.7. The minimum atomic E-state index is -0.242. The van der Waals surface area contributed by atoms with Crippen LogP contribution in [0, 0.1) is 0 Å². The standard InChI is InChI=1S/C19H25N5O/c1-14(13-24-11-5-9-22-24)23-15(2)19(25)20-10-8-16-12-21-18-7-4-3-6-17(16)18/h3-7,9,11-12,14-15,21,23H,8,10,13H2,1-2H3,(H,20,25). The van der Waals surface area contributed by atoms with Gasteiger partial charge in [0.1, 0.15) is 0 Å². The first-order chi connectivity index (χ1) is 12.1. The molecule has 0 aliphatic rings. The molecular formula is C19H25N5O. The maximum Gasteiger partial charge on any atom is 0.236 e. The molecule has 0 aliphatic carbocycles. The van der Waals surface area contributed by atoms with E-state index in [4.69, 9.17) is 0 Å². The molecule has 6 heteroatoms. The number of nitrogens with zero attached hydrogens (tertiary/aromatic N) is 2. The second kappa shape index (κ2) is 7.98. The monoisotopic (exact) mass is 339 g/mol. The van der Waals surface area contributed by atoms with E-state index in [-0.39, 0.29) is 18.0 Å². The van der Waals surface area contributed by atoms with Gasteiger partial charge in [0.15, 0.2) is 0 Å². The molecule has 25 heavy (non-hydrogen) atoms. The molecule has 1 aromatic carbocycles. The Bertz CT molecular complexity index is 808. The number of carbonyl (C=O) groups is 1. The number of amides is 1. The van der Waals surface area contributed by atoms with Crippen LogP contribution in [-0.2, 0) is 17.8 Å². The number of rotatable bonds is 8. The number of aromatic nitrogens is 3. The Morgan fingerprint density at radius 1 is 1.28 bits per heavy atom. The molecule has 2 unspecified atom stereocenters. The molecule has 6 nitrogen and oxygen atoms in total. The highest BCUT2D eigenvalue weighted by Gasteiger charge is 2.15. The van der Waals surface area contributed by atoms with E-state index in [1.165, 1.54) is 10.9 Å². The van der Waals surface area contributed by atoms with Crippen molar-refractivity contribution in [3.63, 3.8) is 0 Å². The van der Waals surface area contributed by atoms with Gasteiger partial charge in [-0.25, -0.2) is 0 Å². The number of hydrogen-bond acceptors (Lipinski definition) is 3. The molecule has 0 bridgehead atoms. The number of hydrogen-bond donors (Lipinski definition) is 3. The lowest BCUT2D eigenvalue weighted by atomic mass is 10.1. The van der Waals surface area contributed by atoms with Crippen molar-refractivity contribution in [2.45, 2.75) is 38.9 Å². The van der Waals surface area contributed by atoms with Crippen LogP contribution in [0.2, 0.25) is 0 Å². The number of aromatic amines is 1. The predicted octanol–water partition coefficient (Wildman–Crippen LogP) is 2.09. The zero-order valence-electron chi connectivity index (χ0n) is 14.7. The lowest BCUT2D eigenvalue weighted by Crippen LogP contribution is -2.47. The van der Waals surface area contributed by atoms with Gasteiger partial charge in [0.05, 0.1) is 12.6 Å². The summed E-state index contributed by atoms with van der Waals surface area (Å²) in [6.07, 6.45) is 6.51. The number of para-hydroxylation sites is 1. The Morgan fingerprint density at radius 3 is 2.92 bits per heavy atom. The van der Waals surface area contributed by atoms with Gasteiger partial charge in [-0.15, -0.1) is 0 Å². The molecule has 132 valence electrons. The summed E-state index contributed by atoms with van der Waals surface area (Å²) in [5, 5.41) is 11.7. The molecule has 2 atom stereocenters. The Balaban J connectivity index is 1.44. The van der Waals surface area contributed by atoms with E-state index in [1.54, 1.807) is 6.20 Å². The van der Waals surface area contributed by atoms with E-state index < -0.39 is 0 Å². The van der Waals surface area contributed by atoms with Gasteiger partial charge in [-0.1, -0.05) is 18.2 Å². The smallest absolute Gasteiger partial charge is 0.236 e. The van der Waals surface area contributed by atoms with Gasteiger partial charge in [0.25, 0.3) is 0 Å². The van der Waals surface area contributed by atoms with Crippen molar-refractivity contribution in [1.82, 2.24) is 25.4 Å². The Labute approximate surface area is 147 Å². The van der Waals surface area contributed by atoms with Crippen molar-refractivity contribution >= 4 is 16.8 Å². The minimum absolute atomic E-state index is 0.0205. The molecule has 0 spiro atoms. The second-order valence-corrected chi connectivity index (χ2v) is 6.42. The third-order valence-electron chi connectivity index (χ3n) is 4.32. The van der Waals surface area contributed by atoms with Crippen molar-refractivity contribution in [1.29, 1.82) is 0 Å². The van der Waals surface area contributed by atoms with E-state index >= 15 is 0 Å². The number of fused-ring (bicyclic) bond motifs is 1. The van der Waals surface area contributed by atoms with Crippen molar-refractivity contribution < 1.29 is 4.79 Å². The van der Waals surface area contributed by atoms with Crippen LogP contribution in [-0.4, -0.2) is 39.3 Å². The van der Waals surface area contributed by atoms with Crippen LogP contribution < -0.4 is 10.6 Å². The number of benzene rings is 1. The molecule has 0 saturated carbocycles. The molecule has 0 radical (unpaired) electrons. The fourth-order valence-electron chi connectivity index (χ4n) is 3.06. The molecule has 3 aromatic rings. The lowest BCUT2D eigenvalue weighted by Gasteiger charge is -2.19. The van der Waals surface area contributed by atoms with Crippen molar-refractivity contribution in [2.24, 2.45) is 0 Å². The topological polar surface area (TPSA) is 74.7 Å². The summed E-state index contributed by atoms with van der Waals surface area (Å²) in [6, 6.07) is 10.0. The summed E-state index contributed by atoms with van der Waals surface area (Å²) >= 11 is 0. The van der Waals surface area contributed by atoms with E-state index in [0.29, 0.717) is 6.54 Å². The third-order valence-corrected chi connectivity index (χ3v) is 4.32. The maximum absolute atomic E-state index is 12.3. The Morgan fingerprint density at radius 2 is 2.12 bits per heavy atom. The number of nitrogens with one attached hydrogen (secondary N) is 3. The van der Waals surface area contributed by atoms with Gasteiger partial charge < -0.3 is 15.6 Å². The average molecular weight is 339 g/mol. The summed E-state index contributed by atoms with van der Waals surface area (Å²) < 4.78 is 1.86. The fraction of sp³-hybridized carbons (Fsp3) is 0.368. The van der Waals surface area contributed by atoms with E-state index in [0.717, 1.165) is 18.5 Å². The molecule has 2 heterocycles. The Hall–Kier alpha value is -2.60. The van der Waals surface area contributed by atoms with Crippen LogP contribution >= 0.6 is 0 Å². The van der Waals surface area contributed by atoms with Gasteiger partial charge in [0.2, 0.25) is 5.91 Å². The maximum atomic E-state index is 12.3. The van der Waals surface area contributed by atoms with Crippen LogP contribution in [0.15, 0.2) is 48.9 Å². The van der Waals surface area contributed by atoms with Crippen molar-refractivity contribution in [3.8, 4) is 0 Å². The molecule has 2 aromatic heterocycles. The van der Waals surface area contributed by atoms with Crippen molar-refractivity contribution in [3.05, 3.63) is 54.5 Å². The van der Waals surface area contributed by atoms with Crippen LogP contribution in [0.3, 0.4) is 0 Å². The minimum Gasteiger partial charge on any atom is -0.361 e. The summed E-state index contributed by atoms with van der Waals surface area (Å²) in [4.78, 5) is 15.5. The summed E-state index contributed by atoms with van der Waals surface area (Å²) in [7, 11) is 0. The molecular weight excluding hydrogens is 314 g/mol. The zero-order valence-corrected chi connectivity index (χ0v) is 14.7. The first-order valence-electron chi connectivity index (χ1n) is 8.69. The third kappa shape index (κ3) is 4.48. The van der Waals surface area contributed by atoms with E-state index in [2.05, 4.69) is 39.8 Å². The van der Waals surface area contributed by atoms with Crippen LogP contribution in [0.1, 0.15) is 19.4 Å². The first-order valence-corrected chi connectivity index (χ1v) is 8.69. The van der Waals surface area contributed by atoms with Gasteiger partial charge in [-0.2, -0.15) is 5.10 Å². The molecule has 0 saturated heterocycles. The predicted molar refractivity (Wildman–Crippen MR) is 99.3 cm³/mol. The van der Waals surface area contributed by atoms with Gasteiger partial charge >= 0.3 is 0 Å². The highest BCUT2D eigenvalue weighted by atomic mass is 16.2. The highest BCUT2D eigenvalue weighted by molar-refractivity contribution is 5.83. The summed E-state index contributed by atoms with van der Waals surface area (Å²) in [6.45, 7) is 5.30. The highest BCUT2D eigenvalue weighted by Crippen LogP contribution is 2.17. The molecule has 0 aliphatic heterocycles. The lowest BCUT2D eigenvalue weighted by molar-refractivity contribution is -0.122. The van der Waals surface area contributed by atoms with E-state index in [1.807, 2.05) is 42.2 Å². The summed E-state index contributed by atoms with van der Waals surface area (Å²) in [5.74, 6) is 0.0205. The summed E-state index contributed by atoms with van der Waals surface area (Å²) in [5.41, 5.74) is 2.36. The molecule has 1 amide bonds. The quantitative estimate of drug-likeness (QED) is 0.588. The van der Waals surface area contributed by atoms with Crippen LogP contribution in [0.5, 0.6) is 0 Å². The molecule has 0 fully saturated rings. The fourth-order valence-corrected chi connectivity index (χ4v) is 3.06.